The maximum Gasteiger partial charge on any atom is 0.178 e. The summed E-state index contributed by atoms with van der Waals surface area (Å²) in [5.74, 6) is -0.265. The third-order valence-corrected chi connectivity index (χ3v) is 4.39. The second kappa shape index (κ2) is 3.65. The van der Waals surface area contributed by atoms with E-state index in [0.717, 1.165) is 17.6 Å². The van der Waals surface area contributed by atoms with Gasteiger partial charge in [0.15, 0.2) is 4.77 Å². The van der Waals surface area contributed by atoms with Crippen LogP contribution in [0.15, 0.2) is 16.6 Å². The van der Waals surface area contributed by atoms with Crippen LogP contribution in [-0.2, 0) is 6.54 Å². The average molecular weight is 315 g/mol. The molecule has 5 heteroatoms. The molecule has 1 aromatic heterocycles. The van der Waals surface area contributed by atoms with Crippen molar-refractivity contribution in [3.63, 3.8) is 0 Å². The highest BCUT2D eigenvalue weighted by Crippen LogP contribution is 2.46. The Labute approximate surface area is 112 Å². The number of halogens is 2. The molecule has 1 heterocycles. The predicted molar refractivity (Wildman–Crippen MR) is 72.1 cm³/mol. The number of H-pyrrole nitrogens is 1. The maximum atomic E-state index is 13.4. The van der Waals surface area contributed by atoms with Gasteiger partial charge in [0.1, 0.15) is 5.82 Å². The van der Waals surface area contributed by atoms with Gasteiger partial charge in [-0.25, -0.2) is 4.39 Å². The third kappa shape index (κ3) is 1.95. The zero-order valence-electron chi connectivity index (χ0n) is 9.39. The van der Waals surface area contributed by atoms with E-state index in [0.29, 0.717) is 14.7 Å². The summed E-state index contributed by atoms with van der Waals surface area (Å²) in [7, 11) is 0. The van der Waals surface area contributed by atoms with Gasteiger partial charge in [0.05, 0.1) is 15.5 Å². The van der Waals surface area contributed by atoms with E-state index in [2.05, 4.69) is 32.4 Å². The molecular formula is C12H12BrFN2S. The SMILES string of the molecule is CC1(Cn2c(=S)[nH]c3cc(F)c(Br)cc32)CC1. The molecule has 17 heavy (non-hydrogen) atoms. The van der Waals surface area contributed by atoms with Crippen LogP contribution >= 0.6 is 28.1 Å². The zero-order chi connectivity index (χ0) is 12.2. The Bertz CT molecular complexity index is 654. The van der Waals surface area contributed by atoms with E-state index < -0.39 is 0 Å². The lowest BCUT2D eigenvalue weighted by molar-refractivity contribution is 0.469. The molecule has 0 atom stereocenters. The van der Waals surface area contributed by atoms with E-state index in [4.69, 9.17) is 12.2 Å². The van der Waals surface area contributed by atoms with Gasteiger partial charge < -0.3 is 9.55 Å². The molecule has 0 spiro atoms. The van der Waals surface area contributed by atoms with Crippen molar-refractivity contribution in [2.45, 2.75) is 26.3 Å². The predicted octanol–water partition coefficient (Wildman–Crippen LogP) is 4.40. The van der Waals surface area contributed by atoms with Crippen LogP contribution in [0.3, 0.4) is 0 Å². The summed E-state index contributed by atoms with van der Waals surface area (Å²) < 4.78 is 16.7. The molecule has 90 valence electrons. The molecule has 1 aliphatic rings. The lowest BCUT2D eigenvalue weighted by Gasteiger charge is -2.10. The molecule has 0 bridgehead atoms. The number of imidazole rings is 1. The van der Waals surface area contributed by atoms with E-state index in [1.165, 1.54) is 18.9 Å². The first kappa shape index (κ1) is 11.4. The highest BCUT2D eigenvalue weighted by Gasteiger charge is 2.38. The van der Waals surface area contributed by atoms with E-state index in [9.17, 15) is 4.39 Å². The minimum absolute atomic E-state index is 0.265. The fourth-order valence-corrected chi connectivity index (χ4v) is 2.67. The lowest BCUT2D eigenvalue weighted by Crippen LogP contribution is -2.07. The molecule has 1 aliphatic carbocycles. The lowest BCUT2D eigenvalue weighted by atomic mass is 10.1. The molecule has 0 unspecified atom stereocenters. The summed E-state index contributed by atoms with van der Waals surface area (Å²) in [6, 6.07) is 3.28. The van der Waals surface area contributed by atoms with Crippen molar-refractivity contribution in [1.82, 2.24) is 9.55 Å². The van der Waals surface area contributed by atoms with Gasteiger partial charge in [0.25, 0.3) is 0 Å². The van der Waals surface area contributed by atoms with E-state index in [-0.39, 0.29) is 5.82 Å². The number of fused-ring (bicyclic) bond motifs is 1. The molecule has 1 N–H and O–H groups in total. The summed E-state index contributed by atoms with van der Waals surface area (Å²) in [6.07, 6.45) is 2.48. The molecular weight excluding hydrogens is 303 g/mol. The van der Waals surface area contributed by atoms with Crippen LogP contribution in [0.2, 0.25) is 0 Å². The van der Waals surface area contributed by atoms with Crippen molar-refractivity contribution in [3.05, 3.63) is 27.2 Å². The van der Waals surface area contributed by atoms with Crippen LogP contribution in [0, 0.1) is 16.0 Å². The van der Waals surface area contributed by atoms with Crippen LogP contribution in [0.5, 0.6) is 0 Å². The van der Waals surface area contributed by atoms with Gasteiger partial charge in [-0.1, -0.05) is 6.92 Å². The van der Waals surface area contributed by atoms with Gasteiger partial charge >= 0.3 is 0 Å². The number of aromatic nitrogens is 2. The number of benzene rings is 1. The van der Waals surface area contributed by atoms with Crippen LogP contribution in [-0.4, -0.2) is 9.55 Å². The largest absolute Gasteiger partial charge is 0.330 e. The first-order valence-corrected chi connectivity index (χ1v) is 6.76. The molecule has 1 fully saturated rings. The molecule has 1 aromatic carbocycles. The molecule has 1 saturated carbocycles. The summed E-state index contributed by atoms with van der Waals surface area (Å²) in [5, 5.41) is 0. The Hall–Kier alpha value is -0.680. The van der Waals surface area contributed by atoms with Crippen molar-refractivity contribution >= 4 is 39.2 Å². The monoisotopic (exact) mass is 314 g/mol. The van der Waals surface area contributed by atoms with Gasteiger partial charge in [-0.05, 0) is 52.5 Å². The third-order valence-electron chi connectivity index (χ3n) is 3.46. The highest BCUT2D eigenvalue weighted by atomic mass is 79.9. The topological polar surface area (TPSA) is 20.7 Å². The van der Waals surface area contributed by atoms with Crippen LogP contribution in [0.4, 0.5) is 4.39 Å². The van der Waals surface area contributed by atoms with Crippen molar-refractivity contribution in [2.24, 2.45) is 5.41 Å². The summed E-state index contributed by atoms with van der Waals surface area (Å²) in [4.78, 5) is 3.06. The molecule has 0 amide bonds. The normalized spacial score (nSPS) is 17.6. The zero-order valence-corrected chi connectivity index (χ0v) is 11.8. The standard InChI is InChI=1S/C12H12BrFN2S/c1-12(2-3-12)6-16-10-4-7(13)8(14)5-9(10)15-11(16)17/h4-5H,2-3,6H2,1H3,(H,15,17). The van der Waals surface area contributed by atoms with Crippen molar-refractivity contribution in [3.8, 4) is 0 Å². The quantitative estimate of drug-likeness (QED) is 0.815. The minimum atomic E-state index is -0.265. The molecule has 3 rings (SSSR count). The number of aromatic amines is 1. The number of rotatable bonds is 2. The summed E-state index contributed by atoms with van der Waals surface area (Å²) in [5.41, 5.74) is 2.10. The summed E-state index contributed by atoms with van der Waals surface area (Å²) in [6.45, 7) is 3.16. The summed E-state index contributed by atoms with van der Waals surface area (Å²) >= 11 is 8.52. The van der Waals surface area contributed by atoms with Gasteiger partial charge in [0.2, 0.25) is 0 Å². The molecule has 0 aliphatic heterocycles. The fourth-order valence-electron chi connectivity index (χ4n) is 2.06. The second-order valence-corrected chi connectivity index (χ2v) is 6.35. The number of nitrogens with one attached hydrogen (secondary N) is 1. The van der Waals surface area contributed by atoms with Crippen LogP contribution < -0.4 is 0 Å². The fraction of sp³-hybridized carbons (Fsp3) is 0.417. The first-order valence-electron chi connectivity index (χ1n) is 5.56. The van der Waals surface area contributed by atoms with Gasteiger partial charge in [0, 0.05) is 12.6 Å². The maximum absolute atomic E-state index is 13.4. The number of nitrogens with zero attached hydrogens (tertiary/aromatic N) is 1. The van der Waals surface area contributed by atoms with Crippen molar-refractivity contribution in [1.29, 1.82) is 0 Å². The van der Waals surface area contributed by atoms with Gasteiger partial charge in [-0.3, -0.25) is 0 Å². The van der Waals surface area contributed by atoms with E-state index in [1.54, 1.807) is 6.07 Å². The van der Waals surface area contributed by atoms with Crippen LogP contribution in [0.25, 0.3) is 11.0 Å². The Morgan fingerprint density at radius 1 is 1.53 bits per heavy atom. The first-order chi connectivity index (χ1) is 7.98. The highest BCUT2D eigenvalue weighted by molar-refractivity contribution is 9.10. The average Bonchev–Trinajstić information content (AvgIpc) is 2.91. The smallest absolute Gasteiger partial charge is 0.178 e. The van der Waals surface area contributed by atoms with Crippen LogP contribution in [0.1, 0.15) is 19.8 Å². The molecule has 0 saturated heterocycles. The van der Waals surface area contributed by atoms with Gasteiger partial charge in [-0.2, -0.15) is 0 Å². The Kier molecular flexibility index (Phi) is 2.45. The molecule has 2 nitrogen and oxygen atoms in total. The Morgan fingerprint density at radius 2 is 2.24 bits per heavy atom. The molecule has 2 aromatic rings. The number of hydrogen-bond donors (Lipinski definition) is 1. The van der Waals surface area contributed by atoms with Crippen molar-refractivity contribution in [2.75, 3.05) is 0 Å². The van der Waals surface area contributed by atoms with Gasteiger partial charge in [-0.15, -0.1) is 0 Å². The molecule has 0 radical (unpaired) electrons. The Morgan fingerprint density at radius 3 is 2.88 bits per heavy atom. The van der Waals surface area contributed by atoms with E-state index in [1.807, 2.05) is 0 Å². The minimum Gasteiger partial charge on any atom is -0.330 e. The van der Waals surface area contributed by atoms with Crippen molar-refractivity contribution < 1.29 is 4.39 Å². The second-order valence-electron chi connectivity index (χ2n) is 5.11. The van der Waals surface area contributed by atoms with E-state index >= 15 is 0 Å². The Balaban J connectivity index is 2.19. The number of hydrogen-bond acceptors (Lipinski definition) is 1.